The minimum absolute atomic E-state index is 0.0142. The maximum absolute atomic E-state index is 11.8. The lowest BCUT2D eigenvalue weighted by atomic mass is 10.2. The van der Waals surface area contributed by atoms with Crippen molar-refractivity contribution in [3.8, 4) is 11.5 Å². The highest BCUT2D eigenvalue weighted by Crippen LogP contribution is 2.32. The number of nitrogens with zero attached hydrogens (tertiary/aromatic N) is 2. The lowest BCUT2D eigenvalue weighted by molar-refractivity contribution is -0.127. The van der Waals surface area contributed by atoms with Gasteiger partial charge in [-0.25, -0.2) is 4.99 Å². The van der Waals surface area contributed by atoms with Gasteiger partial charge in [-0.1, -0.05) is 6.07 Å². The fourth-order valence-corrected chi connectivity index (χ4v) is 2.72. The van der Waals surface area contributed by atoms with Crippen LogP contribution >= 0.6 is 0 Å². The Labute approximate surface area is 153 Å². The number of rotatable bonds is 6. The van der Waals surface area contributed by atoms with E-state index in [4.69, 9.17) is 14.2 Å². The van der Waals surface area contributed by atoms with Gasteiger partial charge in [0.05, 0.1) is 19.2 Å². The molecule has 2 heterocycles. The number of nitrogens with one attached hydrogen (secondary N) is 2. The number of ether oxygens (including phenoxy) is 3. The molecule has 0 radical (unpaired) electrons. The van der Waals surface area contributed by atoms with Crippen LogP contribution in [0, 0.1) is 0 Å². The molecular formula is C18H26N4O4. The first-order valence-corrected chi connectivity index (χ1v) is 8.84. The number of hydrogen-bond acceptors (Lipinski definition) is 5. The maximum atomic E-state index is 11.8. The zero-order valence-corrected chi connectivity index (χ0v) is 15.3. The average Bonchev–Trinajstić information content (AvgIpc) is 3.31. The normalized spacial score (nSPS) is 18.7. The predicted molar refractivity (Wildman–Crippen MR) is 97.4 cm³/mol. The second kappa shape index (κ2) is 8.75. The Morgan fingerprint density at radius 3 is 2.88 bits per heavy atom. The van der Waals surface area contributed by atoms with Crippen LogP contribution in [0.2, 0.25) is 0 Å². The van der Waals surface area contributed by atoms with Gasteiger partial charge < -0.3 is 29.7 Å². The van der Waals surface area contributed by atoms with E-state index in [1.54, 1.807) is 19.0 Å². The largest absolute Gasteiger partial charge is 0.454 e. The third kappa shape index (κ3) is 5.01. The number of hydrogen-bond donors (Lipinski definition) is 2. The van der Waals surface area contributed by atoms with Crippen molar-refractivity contribution in [1.29, 1.82) is 0 Å². The summed E-state index contributed by atoms with van der Waals surface area (Å²) in [6, 6.07) is 5.77. The molecule has 1 unspecified atom stereocenters. The molecule has 0 saturated carbocycles. The van der Waals surface area contributed by atoms with Gasteiger partial charge in [0.25, 0.3) is 0 Å². The van der Waals surface area contributed by atoms with Crippen molar-refractivity contribution < 1.29 is 19.0 Å². The van der Waals surface area contributed by atoms with Gasteiger partial charge in [-0.15, -0.1) is 0 Å². The van der Waals surface area contributed by atoms with Crippen molar-refractivity contribution >= 4 is 11.9 Å². The van der Waals surface area contributed by atoms with E-state index in [1.165, 1.54) is 0 Å². The summed E-state index contributed by atoms with van der Waals surface area (Å²) in [5.74, 6) is 2.07. The van der Waals surface area contributed by atoms with Crippen molar-refractivity contribution in [2.45, 2.75) is 25.5 Å². The van der Waals surface area contributed by atoms with E-state index < -0.39 is 0 Å². The Kier molecular flexibility index (Phi) is 6.17. The van der Waals surface area contributed by atoms with Gasteiger partial charge in [-0.3, -0.25) is 4.79 Å². The molecule has 142 valence electrons. The average molecular weight is 362 g/mol. The summed E-state index contributed by atoms with van der Waals surface area (Å²) in [4.78, 5) is 18.0. The number of aliphatic imine (C=N–C) groups is 1. The SMILES string of the molecule is CN(C)C(=O)CNC(=NCc1ccc2c(c1)OCO2)NCC1CCCO1. The highest BCUT2D eigenvalue weighted by molar-refractivity contribution is 5.86. The van der Waals surface area contributed by atoms with Gasteiger partial charge in [0.2, 0.25) is 12.7 Å². The van der Waals surface area contributed by atoms with Crippen LogP contribution in [0.1, 0.15) is 18.4 Å². The molecule has 2 aliphatic heterocycles. The molecule has 0 aliphatic carbocycles. The zero-order valence-electron chi connectivity index (χ0n) is 15.3. The van der Waals surface area contributed by atoms with E-state index >= 15 is 0 Å². The van der Waals surface area contributed by atoms with Crippen molar-refractivity contribution in [1.82, 2.24) is 15.5 Å². The summed E-state index contributed by atoms with van der Waals surface area (Å²) in [5.41, 5.74) is 1.01. The first-order chi connectivity index (χ1) is 12.6. The summed E-state index contributed by atoms with van der Waals surface area (Å²) in [5, 5.41) is 6.35. The molecular weight excluding hydrogens is 336 g/mol. The Balaban J connectivity index is 1.60. The highest BCUT2D eigenvalue weighted by atomic mass is 16.7. The molecule has 1 atom stereocenters. The fourth-order valence-electron chi connectivity index (χ4n) is 2.72. The number of carbonyl (C=O) groups is 1. The van der Waals surface area contributed by atoms with Gasteiger partial charge in [0.15, 0.2) is 17.5 Å². The van der Waals surface area contributed by atoms with Crippen molar-refractivity contribution in [3.05, 3.63) is 23.8 Å². The predicted octanol–water partition coefficient (Wildman–Crippen LogP) is 0.718. The van der Waals surface area contributed by atoms with E-state index in [2.05, 4.69) is 15.6 Å². The molecule has 2 aliphatic rings. The van der Waals surface area contributed by atoms with Crippen molar-refractivity contribution in [2.24, 2.45) is 4.99 Å². The Hall–Kier alpha value is -2.48. The molecule has 1 aromatic carbocycles. The summed E-state index contributed by atoms with van der Waals surface area (Å²) < 4.78 is 16.4. The first-order valence-electron chi connectivity index (χ1n) is 8.84. The van der Waals surface area contributed by atoms with E-state index in [1.807, 2.05) is 18.2 Å². The Bertz CT molecular complexity index is 657. The quantitative estimate of drug-likeness (QED) is 0.573. The van der Waals surface area contributed by atoms with Gasteiger partial charge >= 0.3 is 0 Å². The number of benzene rings is 1. The summed E-state index contributed by atoms with van der Waals surface area (Å²) >= 11 is 0. The second-order valence-corrected chi connectivity index (χ2v) is 6.51. The standard InChI is InChI=1S/C18H26N4O4/c1-22(2)17(23)11-21-18(20-10-14-4-3-7-24-14)19-9-13-5-6-15-16(8-13)26-12-25-15/h5-6,8,14H,3-4,7,9-12H2,1-2H3,(H2,19,20,21). The third-order valence-electron chi connectivity index (χ3n) is 4.28. The molecule has 0 aromatic heterocycles. The summed E-state index contributed by atoms with van der Waals surface area (Å²) in [7, 11) is 3.46. The molecule has 2 N–H and O–H groups in total. The van der Waals surface area contributed by atoms with E-state index in [9.17, 15) is 4.79 Å². The van der Waals surface area contributed by atoms with Gasteiger partial charge in [0, 0.05) is 27.2 Å². The van der Waals surface area contributed by atoms with E-state index in [0.717, 1.165) is 36.5 Å². The van der Waals surface area contributed by atoms with Gasteiger partial charge in [0.1, 0.15) is 0 Å². The lowest BCUT2D eigenvalue weighted by Gasteiger charge is -2.17. The topological polar surface area (TPSA) is 84.4 Å². The Morgan fingerprint density at radius 1 is 1.27 bits per heavy atom. The number of guanidine groups is 1. The maximum Gasteiger partial charge on any atom is 0.241 e. The second-order valence-electron chi connectivity index (χ2n) is 6.51. The monoisotopic (exact) mass is 362 g/mol. The highest BCUT2D eigenvalue weighted by Gasteiger charge is 2.16. The smallest absolute Gasteiger partial charge is 0.241 e. The van der Waals surface area contributed by atoms with Gasteiger partial charge in [-0.2, -0.15) is 0 Å². The van der Waals surface area contributed by atoms with Crippen LogP contribution in [0.3, 0.4) is 0 Å². The van der Waals surface area contributed by atoms with Crippen molar-refractivity contribution in [3.63, 3.8) is 0 Å². The molecule has 1 aromatic rings. The Morgan fingerprint density at radius 2 is 2.12 bits per heavy atom. The van der Waals surface area contributed by atoms with Crippen LogP contribution in [0.5, 0.6) is 11.5 Å². The lowest BCUT2D eigenvalue weighted by Crippen LogP contribution is -2.45. The minimum Gasteiger partial charge on any atom is -0.454 e. The molecule has 1 saturated heterocycles. The number of amides is 1. The first kappa shape index (κ1) is 18.3. The van der Waals surface area contributed by atoms with E-state index in [-0.39, 0.29) is 25.3 Å². The number of fused-ring (bicyclic) bond motifs is 1. The molecule has 1 amide bonds. The zero-order chi connectivity index (χ0) is 18.4. The fraction of sp³-hybridized carbons (Fsp3) is 0.556. The molecule has 1 fully saturated rings. The molecule has 26 heavy (non-hydrogen) atoms. The van der Waals surface area contributed by atoms with Crippen LogP contribution < -0.4 is 20.1 Å². The van der Waals surface area contributed by atoms with Crippen LogP contribution in [-0.2, 0) is 16.1 Å². The van der Waals surface area contributed by atoms with Gasteiger partial charge in [-0.05, 0) is 30.5 Å². The molecule has 3 rings (SSSR count). The number of carbonyl (C=O) groups excluding carboxylic acids is 1. The molecule has 8 heteroatoms. The third-order valence-corrected chi connectivity index (χ3v) is 4.28. The molecule has 0 bridgehead atoms. The van der Waals surface area contributed by atoms with Crippen LogP contribution in [-0.4, -0.2) is 63.5 Å². The molecule has 8 nitrogen and oxygen atoms in total. The van der Waals surface area contributed by atoms with Crippen LogP contribution in [0.4, 0.5) is 0 Å². The van der Waals surface area contributed by atoms with Crippen LogP contribution in [0.15, 0.2) is 23.2 Å². The number of likely N-dealkylation sites (N-methyl/N-ethyl adjacent to an activating group) is 1. The van der Waals surface area contributed by atoms with Crippen molar-refractivity contribution in [2.75, 3.05) is 40.6 Å². The minimum atomic E-state index is -0.0142. The summed E-state index contributed by atoms with van der Waals surface area (Å²) in [6.45, 7) is 2.38. The van der Waals surface area contributed by atoms with Crippen LogP contribution in [0.25, 0.3) is 0 Å². The molecule has 0 spiro atoms. The summed E-state index contributed by atoms with van der Waals surface area (Å²) in [6.07, 6.45) is 2.32. The van der Waals surface area contributed by atoms with E-state index in [0.29, 0.717) is 19.0 Å².